The van der Waals surface area contributed by atoms with Gasteiger partial charge >= 0.3 is 0 Å². The van der Waals surface area contributed by atoms with Crippen molar-refractivity contribution < 1.29 is 8.78 Å². The summed E-state index contributed by atoms with van der Waals surface area (Å²) in [6.45, 7) is 0.158. The van der Waals surface area contributed by atoms with E-state index >= 15 is 0 Å². The fraction of sp³-hybridized carbons (Fsp3) is 1.00. The second kappa shape index (κ2) is 3.69. The van der Waals surface area contributed by atoms with E-state index in [4.69, 9.17) is 5.53 Å². The lowest BCUT2D eigenvalue weighted by Gasteiger charge is -2.30. The fourth-order valence-corrected chi connectivity index (χ4v) is 1.25. The highest BCUT2D eigenvalue weighted by Gasteiger charge is 2.40. The molecule has 0 amide bonds. The number of piperidine rings is 1. The van der Waals surface area contributed by atoms with Crippen LogP contribution in [-0.2, 0) is 0 Å². The summed E-state index contributed by atoms with van der Waals surface area (Å²) in [5.74, 6) is -3.53. The standard InChI is InChI=1S/C6H10F2N4/c7-6(8)4-10-2-1-5(6)3-11-12-9/h5,10H,1-4H2. The Morgan fingerprint density at radius 2 is 2.42 bits per heavy atom. The molecular weight excluding hydrogens is 166 g/mol. The number of alkyl halides is 2. The van der Waals surface area contributed by atoms with Gasteiger partial charge in [0, 0.05) is 17.4 Å². The van der Waals surface area contributed by atoms with Crippen LogP contribution in [0.1, 0.15) is 6.42 Å². The molecule has 4 nitrogen and oxygen atoms in total. The molecule has 0 spiro atoms. The van der Waals surface area contributed by atoms with Gasteiger partial charge in [-0.2, -0.15) is 0 Å². The van der Waals surface area contributed by atoms with Crippen LogP contribution in [0.5, 0.6) is 0 Å². The van der Waals surface area contributed by atoms with Crippen LogP contribution in [0, 0.1) is 5.92 Å². The topological polar surface area (TPSA) is 60.8 Å². The largest absolute Gasteiger partial charge is 0.311 e. The summed E-state index contributed by atoms with van der Waals surface area (Å²) in [5, 5.41) is 5.76. The van der Waals surface area contributed by atoms with Crippen LogP contribution in [0.15, 0.2) is 5.11 Å². The second-order valence-corrected chi connectivity index (χ2v) is 2.84. The third-order valence-corrected chi connectivity index (χ3v) is 1.99. The Morgan fingerprint density at radius 3 is 3.00 bits per heavy atom. The maximum absolute atomic E-state index is 12.9. The number of hydrogen-bond donors (Lipinski definition) is 1. The summed E-state index contributed by atoms with van der Waals surface area (Å²) in [6, 6.07) is 0. The van der Waals surface area contributed by atoms with E-state index in [1.807, 2.05) is 0 Å². The Balaban J connectivity index is 2.53. The molecule has 0 aromatic carbocycles. The molecule has 0 aliphatic carbocycles. The Morgan fingerprint density at radius 1 is 1.67 bits per heavy atom. The van der Waals surface area contributed by atoms with Crippen molar-refractivity contribution in [2.24, 2.45) is 11.0 Å². The molecule has 6 heteroatoms. The van der Waals surface area contributed by atoms with Gasteiger partial charge in [0.2, 0.25) is 0 Å². The Labute approximate surface area is 68.6 Å². The van der Waals surface area contributed by atoms with Gasteiger partial charge in [-0.15, -0.1) is 0 Å². The average molecular weight is 176 g/mol. The number of nitrogens with zero attached hydrogens (tertiary/aromatic N) is 3. The predicted octanol–water partition coefficient (Wildman–Crippen LogP) is 1.54. The lowest BCUT2D eigenvalue weighted by atomic mass is 9.94. The third-order valence-electron chi connectivity index (χ3n) is 1.99. The summed E-state index contributed by atoms with van der Waals surface area (Å²) in [6.07, 6.45) is 0.367. The van der Waals surface area contributed by atoms with Gasteiger partial charge in [0.1, 0.15) is 0 Å². The zero-order valence-electron chi connectivity index (χ0n) is 6.50. The molecule has 1 aliphatic heterocycles. The van der Waals surface area contributed by atoms with Crippen LogP contribution >= 0.6 is 0 Å². The smallest absolute Gasteiger partial charge is 0.263 e. The molecule has 1 aliphatic rings. The highest BCUT2D eigenvalue weighted by atomic mass is 19.3. The molecule has 12 heavy (non-hydrogen) atoms. The van der Waals surface area contributed by atoms with E-state index in [0.29, 0.717) is 13.0 Å². The summed E-state index contributed by atoms with van der Waals surface area (Å²) in [4.78, 5) is 2.47. The van der Waals surface area contributed by atoms with E-state index in [1.165, 1.54) is 0 Å². The molecule has 68 valence electrons. The van der Waals surface area contributed by atoms with Gasteiger partial charge in [-0.1, -0.05) is 5.11 Å². The Hall–Kier alpha value is -0.870. The van der Waals surface area contributed by atoms with Crippen LogP contribution in [0.3, 0.4) is 0 Å². The number of azide groups is 1. The lowest BCUT2D eigenvalue weighted by molar-refractivity contribution is -0.0692. The molecule has 0 saturated carbocycles. The van der Waals surface area contributed by atoms with Gasteiger partial charge in [0.15, 0.2) is 0 Å². The van der Waals surface area contributed by atoms with E-state index in [-0.39, 0.29) is 13.1 Å². The first kappa shape index (κ1) is 9.22. The van der Waals surface area contributed by atoms with Crippen molar-refractivity contribution in [2.75, 3.05) is 19.6 Å². The summed E-state index contributed by atoms with van der Waals surface area (Å²) < 4.78 is 25.9. The van der Waals surface area contributed by atoms with Gasteiger partial charge in [-0.05, 0) is 18.5 Å². The SMILES string of the molecule is [N-]=[N+]=NCC1CCNCC1(F)F. The van der Waals surface area contributed by atoms with E-state index in [9.17, 15) is 8.78 Å². The van der Waals surface area contributed by atoms with Crippen LogP contribution < -0.4 is 5.32 Å². The third kappa shape index (κ3) is 2.06. The first-order valence-corrected chi connectivity index (χ1v) is 3.76. The van der Waals surface area contributed by atoms with Crippen LogP contribution in [0.25, 0.3) is 10.4 Å². The highest BCUT2D eigenvalue weighted by molar-refractivity contribution is 4.85. The molecular formula is C6H10F2N4. The maximum atomic E-state index is 12.9. The minimum Gasteiger partial charge on any atom is -0.311 e. The molecule has 0 radical (unpaired) electrons. The minimum atomic E-state index is -2.73. The van der Waals surface area contributed by atoms with Crippen molar-refractivity contribution in [1.29, 1.82) is 0 Å². The van der Waals surface area contributed by atoms with Gasteiger partial charge < -0.3 is 5.32 Å². The van der Waals surface area contributed by atoms with Crippen molar-refractivity contribution in [3.63, 3.8) is 0 Å². The molecule has 0 aromatic heterocycles. The number of hydrogen-bond acceptors (Lipinski definition) is 2. The van der Waals surface area contributed by atoms with E-state index < -0.39 is 11.8 Å². The zero-order chi connectivity index (χ0) is 9.03. The average Bonchev–Trinajstić information content (AvgIpc) is 2.02. The Kier molecular flexibility index (Phi) is 2.83. The van der Waals surface area contributed by atoms with E-state index in [0.717, 1.165) is 0 Å². The molecule has 1 fully saturated rings. The molecule has 0 bridgehead atoms. The summed E-state index contributed by atoms with van der Waals surface area (Å²) >= 11 is 0. The number of halogens is 2. The molecule has 1 N–H and O–H groups in total. The summed E-state index contributed by atoms with van der Waals surface area (Å²) in [7, 11) is 0. The molecule has 1 atom stereocenters. The first-order valence-electron chi connectivity index (χ1n) is 3.76. The van der Waals surface area contributed by atoms with Crippen molar-refractivity contribution in [3.8, 4) is 0 Å². The Bertz CT molecular complexity index is 200. The van der Waals surface area contributed by atoms with Crippen LogP contribution in [0.2, 0.25) is 0 Å². The fourth-order valence-electron chi connectivity index (χ4n) is 1.25. The number of rotatable bonds is 2. The monoisotopic (exact) mass is 176 g/mol. The second-order valence-electron chi connectivity index (χ2n) is 2.84. The van der Waals surface area contributed by atoms with E-state index in [2.05, 4.69) is 15.3 Å². The molecule has 1 rings (SSSR count). The van der Waals surface area contributed by atoms with Gasteiger partial charge in [0.05, 0.1) is 6.54 Å². The van der Waals surface area contributed by atoms with Crippen molar-refractivity contribution in [3.05, 3.63) is 10.4 Å². The predicted molar refractivity (Wildman–Crippen MR) is 39.9 cm³/mol. The van der Waals surface area contributed by atoms with Gasteiger partial charge in [0.25, 0.3) is 5.92 Å². The van der Waals surface area contributed by atoms with Crippen molar-refractivity contribution >= 4 is 0 Å². The highest BCUT2D eigenvalue weighted by Crippen LogP contribution is 2.29. The van der Waals surface area contributed by atoms with E-state index in [1.54, 1.807) is 0 Å². The first-order chi connectivity index (χ1) is 5.67. The normalized spacial score (nSPS) is 27.7. The van der Waals surface area contributed by atoms with Gasteiger partial charge in [-0.25, -0.2) is 8.78 Å². The van der Waals surface area contributed by atoms with Crippen LogP contribution in [-0.4, -0.2) is 25.6 Å². The molecule has 1 saturated heterocycles. The molecule has 1 heterocycles. The zero-order valence-corrected chi connectivity index (χ0v) is 6.50. The quantitative estimate of drug-likeness (QED) is 0.387. The lowest BCUT2D eigenvalue weighted by Crippen LogP contribution is -2.47. The van der Waals surface area contributed by atoms with Crippen molar-refractivity contribution in [2.45, 2.75) is 12.3 Å². The van der Waals surface area contributed by atoms with Crippen LogP contribution in [0.4, 0.5) is 8.78 Å². The summed E-state index contributed by atoms with van der Waals surface area (Å²) in [5.41, 5.74) is 7.96. The molecule has 0 aromatic rings. The molecule has 1 unspecified atom stereocenters. The minimum absolute atomic E-state index is 0.106. The number of nitrogens with one attached hydrogen (secondary N) is 1. The van der Waals surface area contributed by atoms with Crippen molar-refractivity contribution in [1.82, 2.24) is 5.32 Å². The maximum Gasteiger partial charge on any atom is 0.263 e. The van der Waals surface area contributed by atoms with Gasteiger partial charge in [-0.3, -0.25) is 0 Å².